The van der Waals surface area contributed by atoms with Gasteiger partial charge in [-0.15, -0.1) is 11.3 Å². The number of carboxylic acids is 1. The van der Waals surface area contributed by atoms with Crippen molar-refractivity contribution in [2.75, 3.05) is 6.54 Å². The van der Waals surface area contributed by atoms with Gasteiger partial charge >= 0.3 is 5.97 Å². The molecule has 1 aromatic carbocycles. The summed E-state index contributed by atoms with van der Waals surface area (Å²) >= 11 is 5.00. The molecule has 5 nitrogen and oxygen atoms in total. The van der Waals surface area contributed by atoms with Crippen molar-refractivity contribution in [2.45, 2.75) is 31.7 Å². The number of rotatable bonds is 4. The van der Waals surface area contributed by atoms with Crippen LogP contribution in [0.2, 0.25) is 0 Å². The highest BCUT2D eigenvalue weighted by Gasteiger charge is 2.33. The quantitative estimate of drug-likeness (QED) is 0.881. The van der Waals surface area contributed by atoms with Crippen molar-refractivity contribution in [1.29, 1.82) is 0 Å². The van der Waals surface area contributed by atoms with Crippen LogP contribution in [-0.2, 0) is 16.0 Å². The minimum Gasteiger partial charge on any atom is -0.480 e. The van der Waals surface area contributed by atoms with Gasteiger partial charge in [0.15, 0.2) is 0 Å². The van der Waals surface area contributed by atoms with E-state index in [4.69, 9.17) is 5.11 Å². The Morgan fingerprint density at radius 3 is 3.05 bits per heavy atom. The first-order valence-corrected chi connectivity index (χ1v) is 8.73. The molecule has 1 fully saturated rings. The second kappa shape index (κ2) is 6.34. The average Bonchev–Trinajstić information content (AvgIpc) is 3.10. The van der Waals surface area contributed by atoms with E-state index in [1.807, 2.05) is 18.2 Å². The first kappa shape index (κ1) is 15.4. The Morgan fingerprint density at radius 2 is 2.27 bits per heavy atom. The summed E-state index contributed by atoms with van der Waals surface area (Å²) < 4.78 is 2.07. The van der Waals surface area contributed by atoms with Crippen LogP contribution in [0.3, 0.4) is 0 Å². The van der Waals surface area contributed by atoms with Crippen LogP contribution in [0.25, 0.3) is 10.2 Å². The lowest BCUT2D eigenvalue weighted by Crippen LogP contribution is -2.40. The molecule has 0 saturated carbocycles. The molecule has 0 aliphatic carbocycles. The maximum Gasteiger partial charge on any atom is 0.326 e. The number of carbonyl (C=O) groups excluding carboxylic acids is 1. The second-order valence-electron chi connectivity index (χ2n) is 5.30. The van der Waals surface area contributed by atoms with Crippen LogP contribution in [0.4, 0.5) is 0 Å². The largest absolute Gasteiger partial charge is 0.480 e. The van der Waals surface area contributed by atoms with Gasteiger partial charge in [-0.3, -0.25) is 4.79 Å². The maximum absolute atomic E-state index is 12.2. The number of nitrogens with zero attached hydrogens (tertiary/aromatic N) is 2. The number of amides is 1. The number of aromatic nitrogens is 1. The van der Waals surface area contributed by atoms with Crippen LogP contribution in [0.1, 0.15) is 24.3 Å². The van der Waals surface area contributed by atoms with E-state index in [2.05, 4.69) is 20.9 Å². The van der Waals surface area contributed by atoms with Gasteiger partial charge in [0.25, 0.3) is 0 Å². The van der Waals surface area contributed by atoms with Crippen molar-refractivity contribution in [3.05, 3.63) is 27.7 Å². The highest BCUT2D eigenvalue weighted by atomic mass is 79.9. The normalized spacial score (nSPS) is 18.0. The van der Waals surface area contributed by atoms with Crippen molar-refractivity contribution < 1.29 is 14.7 Å². The van der Waals surface area contributed by atoms with Gasteiger partial charge in [0.05, 0.1) is 15.2 Å². The summed E-state index contributed by atoms with van der Waals surface area (Å²) in [5, 5.41) is 10.0. The number of hydrogen-bond donors (Lipinski definition) is 1. The number of aliphatic carboxylic acids is 1. The molecule has 0 spiro atoms. The van der Waals surface area contributed by atoms with E-state index in [-0.39, 0.29) is 5.91 Å². The van der Waals surface area contributed by atoms with Crippen molar-refractivity contribution in [3.63, 3.8) is 0 Å². The molecular weight excluding hydrogens is 368 g/mol. The number of hydrogen-bond acceptors (Lipinski definition) is 4. The minimum absolute atomic E-state index is 0.0923. The van der Waals surface area contributed by atoms with Crippen LogP contribution in [0.15, 0.2) is 22.7 Å². The zero-order valence-corrected chi connectivity index (χ0v) is 14.2. The molecule has 22 heavy (non-hydrogen) atoms. The molecule has 7 heteroatoms. The fourth-order valence-electron chi connectivity index (χ4n) is 2.73. The smallest absolute Gasteiger partial charge is 0.326 e. The standard InChI is InChI=1S/C15H15BrN2O3S/c16-9-3-4-12-10(8-9)17-13(22-12)5-6-14(19)18-7-1-2-11(18)15(20)21/h3-4,8,11H,1-2,5-7H2,(H,20,21)/t11-/m0/s1. The summed E-state index contributed by atoms with van der Waals surface area (Å²) in [4.78, 5) is 29.4. The van der Waals surface area contributed by atoms with Crippen molar-refractivity contribution >= 4 is 49.4 Å². The predicted molar refractivity (Wildman–Crippen MR) is 88.0 cm³/mol. The molecule has 0 unspecified atom stereocenters. The number of thiazole rings is 1. The highest BCUT2D eigenvalue weighted by molar-refractivity contribution is 9.10. The number of carboxylic acid groups (broad SMARTS) is 1. The molecule has 1 saturated heterocycles. The van der Waals surface area contributed by atoms with Gasteiger partial charge in [-0.1, -0.05) is 15.9 Å². The number of likely N-dealkylation sites (tertiary alicyclic amines) is 1. The zero-order chi connectivity index (χ0) is 15.7. The topological polar surface area (TPSA) is 70.5 Å². The van der Waals surface area contributed by atoms with E-state index < -0.39 is 12.0 Å². The molecule has 0 bridgehead atoms. The van der Waals surface area contributed by atoms with Crippen LogP contribution < -0.4 is 0 Å². The van der Waals surface area contributed by atoms with Crippen molar-refractivity contribution in [2.24, 2.45) is 0 Å². The van der Waals surface area contributed by atoms with Crippen molar-refractivity contribution in [1.82, 2.24) is 9.88 Å². The third-order valence-electron chi connectivity index (χ3n) is 3.80. The summed E-state index contributed by atoms with van der Waals surface area (Å²) in [6.07, 6.45) is 2.18. The lowest BCUT2D eigenvalue weighted by Gasteiger charge is -2.21. The Balaban J connectivity index is 1.66. The lowest BCUT2D eigenvalue weighted by molar-refractivity contribution is -0.148. The van der Waals surface area contributed by atoms with Gasteiger partial charge in [0, 0.05) is 23.9 Å². The molecular formula is C15H15BrN2O3S. The maximum atomic E-state index is 12.2. The molecule has 1 aliphatic rings. The van der Waals surface area contributed by atoms with Crippen LogP contribution in [0.5, 0.6) is 0 Å². The Kier molecular flexibility index (Phi) is 4.44. The zero-order valence-electron chi connectivity index (χ0n) is 11.8. The summed E-state index contributed by atoms with van der Waals surface area (Å²) in [7, 11) is 0. The van der Waals surface area contributed by atoms with Gasteiger partial charge in [0.1, 0.15) is 6.04 Å². The van der Waals surface area contributed by atoms with Gasteiger partial charge in [-0.05, 0) is 31.0 Å². The SMILES string of the molecule is O=C(O)[C@@H]1CCCN1C(=O)CCc1nc2cc(Br)ccc2s1. The first-order chi connectivity index (χ1) is 10.5. The number of fused-ring (bicyclic) bond motifs is 1. The van der Waals surface area contributed by atoms with E-state index in [0.717, 1.165) is 26.1 Å². The van der Waals surface area contributed by atoms with Gasteiger partial charge < -0.3 is 10.0 Å². The van der Waals surface area contributed by atoms with Gasteiger partial charge in [-0.2, -0.15) is 0 Å². The first-order valence-electron chi connectivity index (χ1n) is 7.12. The molecule has 2 heterocycles. The van der Waals surface area contributed by atoms with Crippen LogP contribution in [-0.4, -0.2) is 39.5 Å². The Labute approximate surface area is 140 Å². The molecule has 1 aliphatic heterocycles. The third kappa shape index (κ3) is 3.15. The molecule has 1 aromatic heterocycles. The molecule has 1 amide bonds. The molecule has 3 rings (SSSR count). The molecule has 0 radical (unpaired) electrons. The summed E-state index contributed by atoms with van der Waals surface area (Å²) in [5.41, 5.74) is 0.923. The number of aryl methyl sites for hydroxylation is 1. The monoisotopic (exact) mass is 382 g/mol. The van der Waals surface area contributed by atoms with Crippen LogP contribution >= 0.6 is 27.3 Å². The van der Waals surface area contributed by atoms with E-state index in [1.54, 1.807) is 11.3 Å². The second-order valence-corrected chi connectivity index (χ2v) is 7.33. The fraction of sp³-hybridized carbons (Fsp3) is 0.400. The summed E-state index contributed by atoms with van der Waals surface area (Å²) in [6, 6.07) is 5.28. The minimum atomic E-state index is -0.907. The van der Waals surface area contributed by atoms with E-state index in [9.17, 15) is 9.59 Å². The van der Waals surface area contributed by atoms with Crippen molar-refractivity contribution in [3.8, 4) is 0 Å². The average molecular weight is 383 g/mol. The number of carbonyl (C=O) groups is 2. The third-order valence-corrected chi connectivity index (χ3v) is 5.39. The Morgan fingerprint density at radius 1 is 1.45 bits per heavy atom. The summed E-state index contributed by atoms with van der Waals surface area (Å²) in [6.45, 7) is 0.544. The van der Waals surface area contributed by atoms with Gasteiger partial charge in [0.2, 0.25) is 5.91 Å². The van der Waals surface area contributed by atoms with E-state index in [1.165, 1.54) is 4.90 Å². The molecule has 116 valence electrons. The molecule has 1 atom stereocenters. The summed E-state index contributed by atoms with van der Waals surface area (Å²) in [5.74, 6) is -0.999. The predicted octanol–water partition coefficient (Wildman–Crippen LogP) is 3.07. The van der Waals surface area contributed by atoms with Crippen LogP contribution in [0, 0.1) is 0 Å². The molecule has 1 N–H and O–H groups in total. The van der Waals surface area contributed by atoms with E-state index >= 15 is 0 Å². The Bertz CT molecular complexity index is 731. The lowest BCUT2D eigenvalue weighted by atomic mass is 10.2. The Hall–Kier alpha value is -1.47. The highest BCUT2D eigenvalue weighted by Crippen LogP contribution is 2.26. The number of benzene rings is 1. The van der Waals surface area contributed by atoms with Gasteiger partial charge in [-0.25, -0.2) is 9.78 Å². The fourth-order valence-corrected chi connectivity index (χ4v) is 4.03. The number of halogens is 1. The molecule has 2 aromatic rings. The van der Waals surface area contributed by atoms with E-state index in [0.29, 0.717) is 25.8 Å².